The van der Waals surface area contributed by atoms with Crippen molar-refractivity contribution in [3.05, 3.63) is 59.4 Å². The molecule has 2 aromatic carbocycles. The summed E-state index contributed by atoms with van der Waals surface area (Å²) >= 11 is 0. The molecular formula is C23H32FN3O3. The summed E-state index contributed by atoms with van der Waals surface area (Å²) in [6, 6.07) is 12.2. The van der Waals surface area contributed by atoms with Crippen LogP contribution in [0.5, 0.6) is 11.5 Å². The van der Waals surface area contributed by atoms with Crippen molar-refractivity contribution in [3.8, 4) is 11.5 Å². The van der Waals surface area contributed by atoms with Gasteiger partial charge >= 0.3 is 0 Å². The third-order valence-corrected chi connectivity index (χ3v) is 4.14. The molecule has 0 heterocycles. The van der Waals surface area contributed by atoms with Crippen LogP contribution in [0.4, 0.5) is 4.39 Å². The van der Waals surface area contributed by atoms with E-state index in [2.05, 4.69) is 15.6 Å². The van der Waals surface area contributed by atoms with Gasteiger partial charge in [-0.2, -0.15) is 0 Å². The SMILES string of the molecule is CCNC(=NCc1ccc(OCC)c(F)c1)NCC(O)c1cccc(OC(C)C)c1. The number of halogens is 1. The molecule has 164 valence electrons. The van der Waals surface area contributed by atoms with Crippen LogP contribution in [0.1, 0.15) is 44.9 Å². The fourth-order valence-electron chi connectivity index (χ4n) is 2.81. The third kappa shape index (κ3) is 7.55. The van der Waals surface area contributed by atoms with Crippen LogP contribution in [0, 0.1) is 5.82 Å². The van der Waals surface area contributed by atoms with Gasteiger partial charge in [0, 0.05) is 13.1 Å². The van der Waals surface area contributed by atoms with Crippen molar-refractivity contribution in [2.24, 2.45) is 4.99 Å². The highest BCUT2D eigenvalue weighted by Crippen LogP contribution is 2.20. The van der Waals surface area contributed by atoms with E-state index in [1.54, 1.807) is 12.1 Å². The molecule has 1 unspecified atom stereocenters. The Hall–Kier alpha value is -2.80. The van der Waals surface area contributed by atoms with E-state index >= 15 is 0 Å². The molecule has 0 amide bonds. The number of benzene rings is 2. The van der Waals surface area contributed by atoms with Crippen molar-refractivity contribution in [1.29, 1.82) is 0 Å². The van der Waals surface area contributed by atoms with Gasteiger partial charge in [-0.3, -0.25) is 0 Å². The van der Waals surface area contributed by atoms with E-state index in [-0.39, 0.29) is 18.4 Å². The maximum atomic E-state index is 14.0. The average molecular weight is 418 g/mol. The van der Waals surface area contributed by atoms with Gasteiger partial charge in [0.15, 0.2) is 17.5 Å². The molecule has 0 bridgehead atoms. The van der Waals surface area contributed by atoms with Crippen LogP contribution in [-0.4, -0.2) is 36.9 Å². The highest BCUT2D eigenvalue weighted by molar-refractivity contribution is 5.79. The quantitative estimate of drug-likeness (QED) is 0.405. The molecule has 0 aliphatic heterocycles. The maximum absolute atomic E-state index is 14.0. The summed E-state index contributed by atoms with van der Waals surface area (Å²) in [7, 11) is 0. The van der Waals surface area contributed by atoms with Gasteiger partial charge in [0.2, 0.25) is 0 Å². The average Bonchev–Trinajstić information content (AvgIpc) is 2.71. The van der Waals surface area contributed by atoms with Gasteiger partial charge in [0.05, 0.1) is 25.4 Å². The molecule has 0 spiro atoms. The van der Waals surface area contributed by atoms with Crippen LogP contribution < -0.4 is 20.1 Å². The number of aliphatic hydroxyl groups is 1. The Balaban J connectivity index is 1.99. The monoisotopic (exact) mass is 417 g/mol. The lowest BCUT2D eigenvalue weighted by molar-refractivity contribution is 0.179. The van der Waals surface area contributed by atoms with E-state index < -0.39 is 11.9 Å². The van der Waals surface area contributed by atoms with Crippen molar-refractivity contribution in [2.45, 2.75) is 46.4 Å². The Morgan fingerprint density at radius 1 is 1.13 bits per heavy atom. The van der Waals surface area contributed by atoms with Gasteiger partial charge < -0.3 is 25.2 Å². The topological polar surface area (TPSA) is 75.1 Å². The van der Waals surface area contributed by atoms with E-state index in [1.807, 2.05) is 52.0 Å². The summed E-state index contributed by atoms with van der Waals surface area (Å²) in [6.07, 6.45) is -0.664. The second kappa shape index (κ2) is 12.0. The Labute approximate surface area is 178 Å². The lowest BCUT2D eigenvalue weighted by Crippen LogP contribution is -2.39. The van der Waals surface area contributed by atoms with Crippen LogP contribution in [0.3, 0.4) is 0 Å². The van der Waals surface area contributed by atoms with Crippen molar-refractivity contribution < 1.29 is 19.0 Å². The maximum Gasteiger partial charge on any atom is 0.191 e. The summed E-state index contributed by atoms with van der Waals surface area (Å²) in [6.45, 7) is 9.33. The molecular weight excluding hydrogens is 385 g/mol. The molecule has 0 radical (unpaired) electrons. The van der Waals surface area contributed by atoms with Crippen LogP contribution >= 0.6 is 0 Å². The van der Waals surface area contributed by atoms with Gasteiger partial charge in [0.1, 0.15) is 5.75 Å². The van der Waals surface area contributed by atoms with Crippen molar-refractivity contribution >= 4 is 5.96 Å². The molecule has 0 aromatic heterocycles. The molecule has 7 heteroatoms. The first-order chi connectivity index (χ1) is 14.4. The fourth-order valence-corrected chi connectivity index (χ4v) is 2.81. The number of ether oxygens (including phenoxy) is 2. The summed E-state index contributed by atoms with van der Waals surface area (Å²) in [5, 5.41) is 16.8. The van der Waals surface area contributed by atoms with E-state index in [0.717, 1.165) is 16.9 Å². The number of nitrogens with zero attached hydrogens (tertiary/aromatic N) is 1. The second-order valence-corrected chi connectivity index (χ2v) is 7.03. The van der Waals surface area contributed by atoms with Crippen molar-refractivity contribution in [3.63, 3.8) is 0 Å². The molecule has 30 heavy (non-hydrogen) atoms. The number of hydrogen-bond donors (Lipinski definition) is 3. The van der Waals surface area contributed by atoms with Crippen LogP contribution in [0.2, 0.25) is 0 Å². The van der Waals surface area contributed by atoms with Crippen molar-refractivity contribution in [1.82, 2.24) is 10.6 Å². The number of aliphatic hydroxyl groups excluding tert-OH is 1. The minimum atomic E-state index is -0.729. The van der Waals surface area contributed by atoms with Crippen molar-refractivity contribution in [2.75, 3.05) is 19.7 Å². The number of aliphatic imine (C=N–C) groups is 1. The molecule has 0 saturated heterocycles. The Bertz CT molecular complexity index is 827. The second-order valence-electron chi connectivity index (χ2n) is 7.03. The molecule has 2 aromatic rings. The zero-order chi connectivity index (χ0) is 21.9. The number of guanidine groups is 1. The molecule has 0 saturated carbocycles. The normalized spacial score (nSPS) is 12.6. The summed E-state index contributed by atoms with van der Waals surface area (Å²) in [5.74, 6) is 1.10. The Morgan fingerprint density at radius 2 is 1.93 bits per heavy atom. The molecule has 3 N–H and O–H groups in total. The third-order valence-electron chi connectivity index (χ3n) is 4.14. The first kappa shape index (κ1) is 23.5. The lowest BCUT2D eigenvalue weighted by Gasteiger charge is -2.17. The van der Waals surface area contributed by atoms with Gasteiger partial charge in [-0.05, 0) is 63.1 Å². The number of nitrogens with one attached hydrogen (secondary N) is 2. The van der Waals surface area contributed by atoms with Crippen LogP contribution in [0.25, 0.3) is 0 Å². The first-order valence-electron chi connectivity index (χ1n) is 10.3. The zero-order valence-corrected chi connectivity index (χ0v) is 18.1. The Morgan fingerprint density at radius 3 is 2.60 bits per heavy atom. The zero-order valence-electron chi connectivity index (χ0n) is 18.1. The summed E-state index contributed by atoms with van der Waals surface area (Å²) in [5.41, 5.74) is 1.48. The summed E-state index contributed by atoms with van der Waals surface area (Å²) < 4.78 is 24.9. The van der Waals surface area contributed by atoms with Gasteiger partial charge in [-0.15, -0.1) is 0 Å². The van der Waals surface area contributed by atoms with Crippen LogP contribution in [0.15, 0.2) is 47.5 Å². The van der Waals surface area contributed by atoms with E-state index in [1.165, 1.54) is 6.07 Å². The summed E-state index contributed by atoms with van der Waals surface area (Å²) in [4.78, 5) is 4.47. The standard InChI is InChI=1S/C23H32FN3O3/c1-5-25-23(26-14-17-10-11-22(29-6-2)20(24)12-17)27-15-21(28)18-8-7-9-19(13-18)30-16(3)4/h7-13,16,21,28H,5-6,14-15H2,1-4H3,(H2,25,26,27). The minimum absolute atomic E-state index is 0.0652. The Kier molecular flexibility index (Phi) is 9.41. The molecule has 0 aliphatic rings. The molecule has 2 rings (SSSR count). The van der Waals surface area contributed by atoms with E-state index in [9.17, 15) is 9.50 Å². The predicted molar refractivity (Wildman–Crippen MR) is 118 cm³/mol. The fraction of sp³-hybridized carbons (Fsp3) is 0.435. The van der Waals surface area contributed by atoms with Gasteiger partial charge in [-0.1, -0.05) is 18.2 Å². The highest BCUT2D eigenvalue weighted by Gasteiger charge is 2.10. The number of rotatable bonds is 10. The lowest BCUT2D eigenvalue weighted by atomic mass is 10.1. The molecule has 6 nitrogen and oxygen atoms in total. The van der Waals surface area contributed by atoms with Gasteiger partial charge in [0.25, 0.3) is 0 Å². The minimum Gasteiger partial charge on any atom is -0.491 e. The van der Waals surface area contributed by atoms with E-state index in [4.69, 9.17) is 9.47 Å². The molecule has 1 atom stereocenters. The molecule has 0 fully saturated rings. The predicted octanol–water partition coefficient (Wildman–Crippen LogP) is 3.80. The van der Waals surface area contributed by atoms with Gasteiger partial charge in [-0.25, -0.2) is 9.38 Å². The first-order valence-corrected chi connectivity index (χ1v) is 10.3. The smallest absolute Gasteiger partial charge is 0.191 e. The largest absolute Gasteiger partial charge is 0.491 e. The van der Waals surface area contributed by atoms with E-state index in [0.29, 0.717) is 25.7 Å². The molecule has 0 aliphatic carbocycles. The number of hydrogen-bond acceptors (Lipinski definition) is 4. The van der Waals surface area contributed by atoms with Crippen LogP contribution in [-0.2, 0) is 6.54 Å². The highest BCUT2D eigenvalue weighted by atomic mass is 19.1.